The lowest BCUT2D eigenvalue weighted by Gasteiger charge is -2.26. The highest BCUT2D eigenvalue weighted by molar-refractivity contribution is 7.09. The predicted molar refractivity (Wildman–Crippen MR) is 76.5 cm³/mol. The average Bonchev–Trinajstić information content (AvgIpc) is 3.07. The lowest BCUT2D eigenvalue weighted by molar-refractivity contribution is 0.423. The first kappa shape index (κ1) is 11.9. The van der Waals surface area contributed by atoms with E-state index in [9.17, 15) is 0 Å². The van der Waals surface area contributed by atoms with Crippen molar-refractivity contribution in [2.45, 2.75) is 30.7 Å². The monoisotopic (exact) mass is 258 g/mol. The zero-order valence-electron chi connectivity index (χ0n) is 10.3. The molecule has 18 heavy (non-hydrogen) atoms. The fraction of sp³-hybridized carbons (Fsp3) is 0.333. The van der Waals surface area contributed by atoms with Crippen molar-refractivity contribution in [3.05, 3.63) is 58.3 Å². The molecular weight excluding hydrogens is 240 g/mol. The normalized spacial score (nSPS) is 18.5. The maximum Gasteiger partial charge on any atom is 0.0355 e. The van der Waals surface area contributed by atoms with Gasteiger partial charge in [-0.3, -0.25) is 11.3 Å². The minimum atomic E-state index is 0.250. The fourth-order valence-corrected chi connectivity index (χ4v) is 3.54. The van der Waals surface area contributed by atoms with Crippen LogP contribution in [0, 0.1) is 0 Å². The summed E-state index contributed by atoms with van der Waals surface area (Å²) in [4.78, 5) is 1.40. The maximum atomic E-state index is 5.81. The first-order valence-corrected chi connectivity index (χ1v) is 7.27. The standard InChI is InChI=1S/C15H18N2S/c16-17-14(11-13-7-4-10-18-13)15(8-9-15)12-5-2-1-3-6-12/h1-7,10,14,17H,8-9,11,16H2. The zero-order valence-corrected chi connectivity index (χ0v) is 11.1. The van der Waals surface area contributed by atoms with Crippen LogP contribution in [-0.4, -0.2) is 6.04 Å². The molecule has 0 aliphatic heterocycles. The van der Waals surface area contributed by atoms with E-state index in [1.54, 1.807) is 0 Å². The number of hydrogen-bond donors (Lipinski definition) is 2. The van der Waals surface area contributed by atoms with Gasteiger partial charge in [0.25, 0.3) is 0 Å². The third-order valence-electron chi connectivity index (χ3n) is 3.99. The van der Waals surface area contributed by atoms with Crippen LogP contribution in [0.15, 0.2) is 47.8 Å². The lowest BCUT2D eigenvalue weighted by Crippen LogP contribution is -2.45. The summed E-state index contributed by atoms with van der Waals surface area (Å²) in [6.07, 6.45) is 3.48. The summed E-state index contributed by atoms with van der Waals surface area (Å²) in [6, 6.07) is 15.4. The van der Waals surface area contributed by atoms with E-state index in [1.165, 1.54) is 23.3 Å². The summed E-state index contributed by atoms with van der Waals surface area (Å²) in [5, 5.41) is 2.13. The van der Waals surface area contributed by atoms with Gasteiger partial charge in [-0.15, -0.1) is 11.3 Å². The van der Waals surface area contributed by atoms with Gasteiger partial charge < -0.3 is 0 Å². The van der Waals surface area contributed by atoms with Crippen molar-refractivity contribution in [2.24, 2.45) is 5.84 Å². The Balaban J connectivity index is 1.83. The van der Waals surface area contributed by atoms with Crippen LogP contribution in [0.5, 0.6) is 0 Å². The topological polar surface area (TPSA) is 38.0 Å². The van der Waals surface area contributed by atoms with Crippen LogP contribution < -0.4 is 11.3 Å². The molecule has 2 nitrogen and oxygen atoms in total. The van der Waals surface area contributed by atoms with Crippen LogP contribution in [0.2, 0.25) is 0 Å². The van der Waals surface area contributed by atoms with E-state index in [0.717, 1.165) is 6.42 Å². The minimum Gasteiger partial charge on any atom is -0.271 e. The quantitative estimate of drug-likeness (QED) is 0.639. The van der Waals surface area contributed by atoms with Crippen molar-refractivity contribution >= 4 is 11.3 Å². The van der Waals surface area contributed by atoms with Gasteiger partial charge in [-0.2, -0.15) is 0 Å². The van der Waals surface area contributed by atoms with Gasteiger partial charge in [-0.05, 0) is 36.3 Å². The second-order valence-electron chi connectivity index (χ2n) is 5.02. The van der Waals surface area contributed by atoms with E-state index in [4.69, 9.17) is 5.84 Å². The third kappa shape index (κ3) is 2.09. The molecule has 94 valence electrons. The Kier molecular flexibility index (Phi) is 3.20. The largest absolute Gasteiger partial charge is 0.271 e. The van der Waals surface area contributed by atoms with E-state index in [-0.39, 0.29) is 5.41 Å². The Hall–Kier alpha value is -1.16. The van der Waals surface area contributed by atoms with Crippen molar-refractivity contribution in [1.29, 1.82) is 0 Å². The zero-order chi connectivity index (χ0) is 12.4. The van der Waals surface area contributed by atoms with Gasteiger partial charge in [-0.25, -0.2) is 0 Å². The van der Waals surface area contributed by atoms with Crippen LogP contribution in [0.1, 0.15) is 23.3 Å². The molecule has 0 saturated heterocycles. The number of thiophene rings is 1. The van der Waals surface area contributed by atoms with Crippen LogP contribution in [-0.2, 0) is 11.8 Å². The Morgan fingerprint density at radius 3 is 2.50 bits per heavy atom. The summed E-state index contributed by atoms with van der Waals surface area (Å²) in [5.41, 5.74) is 4.72. The molecule has 1 aromatic heterocycles. The number of benzene rings is 1. The molecule has 1 atom stereocenters. The fourth-order valence-electron chi connectivity index (χ4n) is 2.79. The Morgan fingerprint density at radius 1 is 1.17 bits per heavy atom. The summed E-state index contributed by atoms with van der Waals surface area (Å²) < 4.78 is 0. The highest BCUT2D eigenvalue weighted by Crippen LogP contribution is 2.51. The molecule has 0 spiro atoms. The summed E-state index contributed by atoms with van der Waals surface area (Å²) in [7, 11) is 0. The van der Waals surface area contributed by atoms with Crippen LogP contribution >= 0.6 is 11.3 Å². The molecule has 0 bridgehead atoms. The SMILES string of the molecule is NNC(Cc1cccs1)C1(c2ccccc2)CC1. The van der Waals surface area contributed by atoms with Crippen molar-refractivity contribution < 1.29 is 0 Å². The van der Waals surface area contributed by atoms with Crippen molar-refractivity contribution in [1.82, 2.24) is 5.43 Å². The third-order valence-corrected chi connectivity index (χ3v) is 4.89. The minimum absolute atomic E-state index is 0.250. The van der Waals surface area contributed by atoms with E-state index in [1.807, 2.05) is 11.3 Å². The van der Waals surface area contributed by atoms with Gasteiger partial charge in [0, 0.05) is 16.3 Å². The summed E-state index contributed by atoms with van der Waals surface area (Å²) in [5.74, 6) is 5.81. The van der Waals surface area contributed by atoms with Crippen molar-refractivity contribution in [2.75, 3.05) is 0 Å². The van der Waals surface area contributed by atoms with Crippen LogP contribution in [0.3, 0.4) is 0 Å². The molecule has 1 fully saturated rings. The summed E-state index contributed by atoms with van der Waals surface area (Å²) >= 11 is 1.81. The van der Waals surface area contributed by atoms with E-state index in [2.05, 4.69) is 53.3 Å². The highest BCUT2D eigenvalue weighted by atomic mass is 32.1. The van der Waals surface area contributed by atoms with Crippen molar-refractivity contribution in [3.8, 4) is 0 Å². The molecule has 1 aliphatic rings. The van der Waals surface area contributed by atoms with Gasteiger partial charge in [-0.1, -0.05) is 36.4 Å². The molecule has 1 aromatic carbocycles. The Labute approximate surface area is 112 Å². The van der Waals surface area contributed by atoms with Gasteiger partial charge >= 0.3 is 0 Å². The number of hydrogen-bond acceptors (Lipinski definition) is 3. The van der Waals surface area contributed by atoms with Crippen molar-refractivity contribution in [3.63, 3.8) is 0 Å². The molecule has 3 N–H and O–H groups in total. The van der Waals surface area contributed by atoms with Crippen LogP contribution in [0.4, 0.5) is 0 Å². The molecule has 2 aromatic rings. The second-order valence-corrected chi connectivity index (χ2v) is 6.06. The maximum absolute atomic E-state index is 5.81. The molecule has 0 radical (unpaired) electrons. The molecule has 3 heteroatoms. The van der Waals surface area contributed by atoms with Gasteiger partial charge in [0.2, 0.25) is 0 Å². The smallest absolute Gasteiger partial charge is 0.0355 e. The molecule has 1 unspecified atom stereocenters. The highest BCUT2D eigenvalue weighted by Gasteiger charge is 2.50. The lowest BCUT2D eigenvalue weighted by atomic mass is 9.86. The Morgan fingerprint density at radius 2 is 1.94 bits per heavy atom. The van der Waals surface area contributed by atoms with Gasteiger partial charge in [0.1, 0.15) is 0 Å². The first-order chi connectivity index (χ1) is 8.85. The molecular formula is C15H18N2S. The molecule has 3 rings (SSSR count). The van der Waals surface area contributed by atoms with Gasteiger partial charge in [0.05, 0.1) is 0 Å². The van der Waals surface area contributed by atoms with E-state index >= 15 is 0 Å². The van der Waals surface area contributed by atoms with E-state index < -0.39 is 0 Å². The molecule has 1 saturated carbocycles. The van der Waals surface area contributed by atoms with Crippen LogP contribution in [0.25, 0.3) is 0 Å². The molecule has 0 amide bonds. The molecule has 1 aliphatic carbocycles. The summed E-state index contributed by atoms with van der Waals surface area (Å²) in [6.45, 7) is 0. The Bertz CT molecular complexity index is 488. The first-order valence-electron chi connectivity index (χ1n) is 6.39. The number of nitrogens with two attached hydrogens (primary N) is 1. The number of nitrogens with one attached hydrogen (secondary N) is 1. The average molecular weight is 258 g/mol. The second kappa shape index (κ2) is 4.84. The number of hydrazine groups is 1. The predicted octanol–water partition coefficient (Wildman–Crippen LogP) is 2.85. The molecule has 1 heterocycles. The number of rotatable bonds is 5. The van der Waals surface area contributed by atoms with Gasteiger partial charge in [0.15, 0.2) is 0 Å². The van der Waals surface area contributed by atoms with E-state index in [0.29, 0.717) is 6.04 Å².